The molecule has 2 heterocycles. The van der Waals surface area contributed by atoms with Crippen molar-refractivity contribution in [1.29, 1.82) is 0 Å². The summed E-state index contributed by atoms with van der Waals surface area (Å²) in [4.78, 5) is 8.79. The van der Waals surface area contributed by atoms with Crippen molar-refractivity contribution in [3.8, 4) is 11.1 Å². The Morgan fingerprint density at radius 2 is 1.94 bits per heavy atom. The van der Waals surface area contributed by atoms with Gasteiger partial charge >= 0.3 is 0 Å². The standard InChI is InChI=1S/C15H11N2/c1-11-14(12-6-3-2-4-7-12)10-13-8-5-9-16-15(13)17-11/h3-10H,1H3. The van der Waals surface area contributed by atoms with Crippen LogP contribution in [-0.4, -0.2) is 9.97 Å². The van der Waals surface area contributed by atoms with Crippen LogP contribution in [-0.2, 0) is 0 Å². The first kappa shape index (κ1) is 9.97. The highest BCUT2D eigenvalue weighted by molar-refractivity contribution is 5.82. The largest absolute Gasteiger partial charge is 0.237 e. The molecule has 81 valence electrons. The molecule has 0 aliphatic heterocycles. The Bertz CT molecular complexity index is 660. The van der Waals surface area contributed by atoms with Crippen LogP contribution in [0.4, 0.5) is 0 Å². The number of fused-ring (bicyclic) bond motifs is 1. The maximum atomic E-state index is 4.53. The minimum absolute atomic E-state index is 0.802. The van der Waals surface area contributed by atoms with E-state index in [1.54, 1.807) is 6.20 Å². The molecule has 0 fully saturated rings. The molecule has 0 bridgehead atoms. The zero-order valence-corrected chi connectivity index (χ0v) is 9.51. The molecule has 0 amide bonds. The third kappa shape index (κ3) is 1.78. The molecule has 1 aromatic carbocycles. The molecular weight excluding hydrogens is 208 g/mol. The Morgan fingerprint density at radius 3 is 2.76 bits per heavy atom. The van der Waals surface area contributed by atoms with Crippen molar-refractivity contribution in [3.05, 3.63) is 60.4 Å². The summed E-state index contributed by atoms with van der Waals surface area (Å²) in [7, 11) is 0. The monoisotopic (exact) mass is 219 g/mol. The van der Waals surface area contributed by atoms with E-state index in [1.807, 2.05) is 43.3 Å². The number of nitrogens with zero attached hydrogens (tertiary/aromatic N) is 2. The molecule has 17 heavy (non-hydrogen) atoms. The average Bonchev–Trinajstić information content (AvgIpc) is 2.39. The Hall–Kier alpha value is -2.22. The molecule has 2 heteroatoms. The van der Waals surface area contributed by atoms with Crippen molar-refractivity contribution >= 4 is 11.0 Å². The van der Waals surface area contributed by atoms with Gasteiger partial charge in [0.25, 0.3) is 0 Å². The SMILES string of the molecule is Cc1nc2ncccc2cc1-c1cc[c]cc1. The van der Waals surface area contributed by atoms with E-state index in [-0.39, 0.29) is 0 Å². The maximum Gasteiger partial charge on any atom is 0.159 e. The van der Waals surface area contributed by atoms with E-state index in [4.69, 9.17) is 0 Å². The molecule has 1 radical (unpaired) electrons. The highest BCUT2D eigenvalue weighted by Gasteiger charge is 2.05. The van der Waals surface area contributed by atoms with E-state index in [2.05, 4.69) is 22.1 Å². The van der Waals surface area contributed by atoms with Gasteiger partial charge in [-0.2, -0.15) is 0 Å². The Morgan fingerprint density at radius 1 is 1.12 bits per heavy atom. The van der Waals surface area contributed by atoms with Gasteiger partial charge in [-0.05, 0) is 36.8 Å². The smallest absolute Gasteiger partial charge is 0.159 e. The third-order valence-corrected chi connectivity index (χ3v) is 2.81. The number of aromatic nitrogens is 2. The van der Waals surface area contributed by atoms with Crippen molar-refractivity contribution in [2.45, 2.75) is 6.92 Å². The Kier molecular flexibility index (Phi) is 2.33. The quantitative estimate of drug-likeness (QED) is 0.626. The first-order chi connectivity index (χ1) is 8.34. The second kappa shape index (κ2) is 3.98. The minimum Gasteiger partial charge on any atom is -0.237 e. The number of pyridine rings is 2. The second-order valence-electron chi connectivity index (χ2n) is 3.96. The van der Waals surface area contributed by atoms with Crippen LogP contribution in [0, 0.1) is 13.0 Å². The molecule has 0 spiro atoms. The third-order valence-electron chi connectivity index (χ3n) is 2.81. The van der Waals surface area contributed by atoms with Crippen LogP contribution >= 0.6 is 0 Å². The molecule has 0 saturated heterocycles. The van der Waals surface area contributed by atoms with Crippen LogP contribution in [0.5, 0.6) is 0 Å². The molecule has 0 atom stereocenters. The predicted molar refractivity (Wildman–Crippen MR) is 68.5 cm³/mol. The number of aryl methyl sites for hydroxylation is 1. The van der Waals surface area contributed by atoms with Crippen LogP contribution in [0.25, 0.3) is 22.2 Å². The normalized spacial score (nSPS) is 10.6. The van der Waals surface area contributed by atoms with Gasteiger partial charge in [0.05, 0.1) is 0 Å². The lowest BCUT2D eigenvalue weighted by Gasteiger charge is -2.06. The topological polar surface area (TPSA) is 25.8 Å². The van der Waals surface area contributed by atoms with Crippen molar-refractivity contribution in [3.63, 3.8) is 0 Å². The summed E-state index contributed by atoms with van der Waals surface area (Å²) in [6.07, 6.45) is 1.77. The van der Waals surface area contributed by atoms with Crippen LogP contribution in [0.2, 0.25) is 0 Å². The molecule has 0 N–H and O–H groups in total. The molecule has 2 aromatic heterocycles. The summed E-state index contributed by atoms with van der Waals surface area (Å²) >= 11 is 0. The van der Waals surface area contributed by atoms with Gasteiger partial charge in [-0.25, -0.2) is 9.97 Å². The van der Waals surface area contributed by atoms with Crippen LogP contribution in [0.15, 0.2) is 48.7 Å². The first-order valence-corrected chi connectivity index (χ1v) is 5.53. The van der Waals surface area contributed by atoms with Gasteiger partial charge in [0, 0.05) is 22.8 Å². The molecule has 0 saturated carbocycles. The summed E-state index contributed by atoms with van der Waals surface area (Å²) in [5.74, 6) is 0. The van der Waals surface area contributed by atoms with Crippen molar-refractivity contribution < 1.29 is 0 Å². The molecule has 2 nitrogen and oxygen atoms in total. The number of hydrogen-bond donors (Lipinski definition) is 0. The fourth-order valence-electron chi connectivity index (χ4n) is 1.95. The number of hydrogen-bond acceptors (Lipinski definition) is 2. The van der Waals surface area contributed by atoms with Crippen LogP contribution in [0.1, 0.15) is 5.69 Å². The molecule has 3 rings (SSSR count). The molecule has 3 aromatic rings. The average molecular weight is 219 g/mol. The minimum atomic E-state index is 0.802. The second-order valence-corrected chi connectivity index (χ2v) is 3.96. The van der Waals surface area contributed by atoms with Gasteiger partial charge < -0.3 is 0 Å². The van der Waals surface area contributed by atoms with Gasteiger partial charge in [0.2, 0.25) is 0 Å². The van der Waals surface area contributed by atoms with E-state index in [9.17, 15) is 0 Å². The Labute approximate surface area is 100.0 Å². The summed E-state index contributed by atoms with van der Waals surface area (Å²) < 4.78 is 0. The zero-order chi connectivity index (χ0) is 11.7. The van der Waals surface area contributed by atoms with Gasteiger partial charge in [0.15, 0.2) is 5.65 Å². The first-order valence-electron chi connectivity index (χ1n) is 5.53. The Balaban J connectivity index is 2.27. The van der Waals surface area contributed by atoms with Crippen molar-refractivity contribution in [1.82, 2.24) is 9.97 Å². The van der Waals surface area contributed by atoms with E-state index in [0.29, 0.717) is 0 Å². The lowest BCUT2D eigenvalue weighted by Crippen LogP contribution is -1.91. The molecule has 0 unspecified atom stereocenters. The summed E-state index contributed by atoms with van der Waals surface area (Å²) in [5.41, 5.74) is 4.12. The van der Waals surface area contributed by atoms with E-state index >= 15 is 0 Å². The zero-order valence-electron chi connectivity index (χ0n) is 9.51. The summed E-state index contributed by atoms with van der Waals surface area (Å²) in [6, 6.07) is 17.1. The number of benzene rings is 1. The van der Waals surface area contributed by atoms with Crippen LogP contribution in [0.3, 0.4) is 0 Å². The fourth-order valence-corrected chi connectivity index (χ4v) is 1.95. The van der Waals surface area contributed by atoms with Gasteiger partial charge in [-0.15, -0.1) is 0 Å². The summed E-state index contributed by atoms with van der Waals surface area (Å²) in [6.45, 7) is 2.01. The number of rotatable bonds is 1. The lowest BCUT2D eigenvalue weighted by molar-refractivity contribution is 1.20. The van der Waals surface area contributed by atoms with Crippen molar-refractivity contribution in [2.75, 3.05) is 0 Å². The maximum absolute atomic E-state index is 4.53. The highest BCUT2D eigenvalue weighted by atomic mass is 14.8. The highest BCUT2D eigenvalue weighted by Crippen LogP contribution is 2.24. The molecule has 0 aliphatic rings. The van der Waals surface area contributed by atoms with Gasteiger partial charge in [0.1, 0.15) is 0 Å². The van der Waals surface area contributed by atoms with Crippen molar-refractivity contribution in [2.24, 2.45) is 0 Å². The van der Waals surface area contributed by atoms with E-state index < -0.39 is 0 Å². The van der Waals surface area contributed by atoms with Gasteiger partial charge in [-0.1, -0.05) is 24.3 Å². The fraction of sp³-hybridized carbons (Fsp3) is 0.0667. The molecule has 0 aliphatic carbocycles. The van der Waals surface area contributed by atoms with E-state index in [0.717, 1.165) is 22.3 Å². The lowest BCUT2D eigenvalue weighted by atomic mass is 10.0. The summed E-state index contributed by atoms with van der Waals surface area (Å²) in [5, 5.41) is 1.07. The predicted octanol–water partition coefficient (Wildman–Crippen LogP) is 3.41. The van der Waals surface area contributed by atoms with Crippen LogP contribution < -0.4 is 0 Å². The van der Waals surface area contributed by atoms with Gasteiger partial charge in [-0.3, -0.25) is 0 Å². The van der Waals surface area contributed by atoms with E-state index in [1.165, 1.54) is 5.56 Å². The molecular formula is C15H11N2.